The van der Waals surface area contributed by atoms with Crippen LogP contribution >= 0.6 is 31.9 Å². The van der Waals surface area contributed by atoms with Crippen molar-refractivity contribution < 1.29 is 0 Å². The van der Waals surface area contributed by atoms with Crippen LogP contribution in [-0.2, 0) is 0 Å². The third kappa shape index (κ3) is 4.19. The van der Waals surface area contributed by atoms with Gasteiger partial charge in [0.25, 0.3) is 0 Å². The van der Waals surface area contributed by atoms with Gasteiger partial charge in [-0.2, -0.15) is 0 Å². The van der Waals surface area contributed by atoms with Crippen LogP contribution < -0.4 is 4.90 Å². The second-order valence-electron chi connectivity index (χ2n) is 4.37. The van der Waals surface area contributed by atoms with Crippen molar-refractivity contribution in [2.24, 2.45) is 0 Å². The minimum atomic E-state index is 0.799. The number of allylic oxidation sites excluding steroid dienone is 3. The molecule has 0 radical (unpaired) electrons. The average Bonchev–Trinajstić information content (AvgIpc) is 2.47. The van der Waals surface area contributed by atoms with Gasteiger partial charge in [0.1, 0.15) is 0 Å². The summed E-state index contributed by atoms with van der Waals surface area (Å²) in [5, 5.41) is 0. The van der Waals surface area contributed by atoms with Gasteiger partial charge in [-0.25, -0.2) is 0 Å². The molecule has 0 unspecified atom stereocenters. The number of nitrogens with zero attached hydrogens (tertiary/aromatic N) is 1. The first kappa shape index (κ1) is 15.8. The Labute approximate surface area is 142 Å². The summed E-state index contributed by atoms with van der Waals surface area (Å²) in [5.41, 5.74) is 3.06. The van der Waals surface area contributed by atoms with Gasteiger partial charge in [-0.15, -0.1) is 0 Å². The van der Waals surface area contributed by atoms with Gasteiger partial charge in [0.15, 0.2) is 0 Å². The van der Waals surface area contributed by atoms with Crippen LogP contribution in [0.3, 0.4) is 0 Å². The Kier molecular flexibility index (Phi) is 5.59. The second kappa shape index (κ2) is 7.43. The summed E-state index contributed by atoms with van der Waals surface area (Å²) in [6.07, 6.45) is 3.77. The van der Waals surface area contributed by atoms with E-state index >= 15 is 0 Å². The molecular formula is C18H15Br2N. The lowest BCUT2D eigenvalue weighted by atomic mass is 10.2. The number of hydrogen-bond acceptors (Lipinski definition) is 1. The number of hydrogen-bond donors (Lipinski definition) is 0. The molecule has 1 nitrogen and oxygen atoms in total. The van der Waals surface area contributed by atoms with Crippen molar-refractivity contribution in [2.75, 3.05) is 4.90 Å². The molecule has 0 spiro atoms. The molecule has 0 N–H and O–H groups in total. The summed E-state index contributed by atoms with van der Waals surface area (Å²) in [6.45, 7) is 7.81. The van der Waals surface area contributed by atoms with Gasteiger partial charge in [0.2, 0.25) is 0 Å². The van der Waals surface area contributed by atoms with Gasteiger partial charge < -0.3 is 4.90 Å². The topological polar surface area (TPSA) is 3.24 Å². The summed E-state index contributed by atoms with van der Waals surface area (Å²) in [6, 6.07) is 18.3. The van der Waals surface area contributed by atoms with Crippen LogP contribution in [0.1, 0.15) is 0 Å². The summed E-state index contributed by atoms with van der Waals surface area (Å²) < 4.78 is 1.83. The van der Waals surface area contributed by atoms with E-state index in [2.05, 4.69) is 74.2 Å². The molecule has 0 aliphatic rings. The van der Waals surface area contributed by atoms with E-state index in [0.29, 0.717) is 0 Å². The predicted molar refractivity (Wildman–Crippen MR) is 99.1 cm³/mol. The van der Waals surface area contributed by atoms with Crippen LogP contribution in [0.2, 0.25) is 0 Å². The molecule has 0 aromatic heterocycles. The van der Waals surface area contributed by atoms with Crippen molar-refractivity contribution in [3.05, 3.63) is 94.6 Å². The van der Waals surface area contributed by atoms with Gasteiger partial charge in [-0.3, -0.25) is 0 Å². The van der Waals surface area contributed by atoms with E-state index in [9.17, 15) is 0 Å². The van der Waals surface area contributed by atoms with Gasteiger partial charge in [0, 0.05) is 26.0 Å². The Morgan fingerprint density at radius 3 is 2.24 bits per heavy atom. The Morgan fingerprint density at radius 2 is 1.67 bits per heavy atom. The minimum absolute atomic E-state index is 0.799. The molecule has 0 aliphatic heterocycles. The van der Waals surface area contributed by atoms with Crippen LogP contribution in [0.5, 0.6) is 0 Å². The number of anilines is 2. The van der Waals surface area contributed by atoms with E-state index in [1.807, 2.05) is 42.5 Å². The molecule has 3 heteroatoms. The van der Waals surface area contributed by atoms with Crippen LogP contribution in [0, 0.1) is 0 Å². The quantitative estimate of drug-likeness (QED) is 0.509. The smallest absolute Gasteiger partial charge is 0.0472 e. The van der Waals surface area contributed by atoms with Crippen molar-refractivity contribution >= 4 is 43.2 Å². The summed E-state index contributed by atoms with van der Waals surface area (Å²) in [5.74, 6) is 0. The molecule has 2 aromatic carbocycles. The Bertz CT molecular complexity index is 675. The van der Waals surface area contributed by atoms with Crippen LogP contribution in [0.4, 0.5) is 11.4 Å². The average molecular weight is 405 g/mol. The fourth-order valence-electron chi connectivity index (χ4n) is 2.01. The zero-order chi connectivity index (χ0) is 15.2. The van der Waals surface area contributed by atoms with Gasteiger partial charge >= 0.3 is 0 Å². The fourth-order valence-corrected chi connectivity index (χ4v) is 2.64. The highest BCUT2D eigenvalue weighted by atomic mass is 79.9. The van der Waals surface area contributed by atoms with E-state index in [0.717, 1.165) is 26.0 Å². The molecule has 0 amide bonds. The van der Waals surface area contributed by atoms with Gasteiger partial charge in [0.05, 0.1) is 0 Å². The van der Waals surface area contributed by atoms with Gasteiger partial charge in [-0.05, 0) is 42.5 Å². The third-order valence-electron chi connectivity index (χ3n) is 2.85. The molecular weight excluding hydrogens is 390 g/mol. The Balaban J connectivity index is 2.59. The van der Waals surface area contributed by atoms with Crippen LogP contribution in [0.25, 0.3) is 0 Å². The molecule has 0 fully saturated rings. The lowest BCUT2D eigenvalue weighted by Crippen LogP contribution is -2.15. The lowest BCUT2D eigenvalue weighted by molar-refractivity contribution is 1.21. The Morgan fingerprint density at radius 1 is 1.00 bits per heavy atom. The fraction of sp³-hybridized carbons (Fsp3) is 0. The summed E-state index contributed by atoms with van der Waals surface area (Å²) in [4.78, 5) is 2.13. The molecule has 0 heterocycles. The number of rotatable bonds is 5. The van der Waals surface area contributed by atoms with Gasteiger partial charge in [-0.1, -0.05) is 69.3 Å². The largest absolute Gasteiger partial charge is 0.310 e. The Hall–Kier alpha value is -1.58. The van der Waals surface area contributed by atoms with Crippen molar-refractivity contribution in [3.8, 4) is 0 Å². The first-order valence-corrected chi connectivity index (χ1v) is 7.99. The number of halogens is 2. The lowest BCUT2D eigenvalue weighted by Gasteiger charge is -2.26. The van der Waals surface area contributed by atoms with Crippen molar-refractivity contribution in [1.29, 1.82) is 0 Å². The van der Waals surface area contributed by atoms with E-state index in [4.69, 9.17) is 0 Å². The standard InChI is InChI=1S/C18H15Br2N/c1-3-16(12-14(2)19)21(17-9-5-4-6-10-17)18-11-7-8-15(20)13-18/h3-13H,1-2H2/b16-12+. The van der Waals surface area contributed by atoms with Crippen LogP contribution in [-0.4, -0.2) is 0 Å². The summed E-state index contributed by atoms with van der Waals surface area (Å²) in [7, 11) is 0. The normalized spacial score (nSPS) is 11.0. The third-order valence-corrected chi connectivity index (χ3v) is 3.57. The molecule has 0 aliphatic carbocycles. The maximum atomic E-state index is 3.92. The highest BCUT2D eigenvalue weighted by Gasteiger charge is 2.12. The van der Waals surface area contributed by atoms with E-state index in [1.54, 1.807) is 0 Å². The monoisotopic (exact) mass is 403 g/mol. The molecule has 106 valence electrons. The summed E-state index contributed by atoms with van der Waals surface area (Å²) >= 11 is 6.92. The first-order chi connectivity index (χ1) is 10.1. The number of para-hydroxylation sites is 1. The molecule has 0 atom stereocenters. The highest BCUT2D eigenvalue weighted by molar-refractivity contribution is 9.11. The zero-order valence-electron chi connectivity index (χ0n) is 11.5. The molecule has 0 bridgehead atoms. The zero-order valence-corrected chi connectivity index (χ0v) is 14.6. The maximum absolute atomic E-state index is 3.92. The van der Waals surface area contributed by atoms with Crippen molar-refractivity contribution in [2.45, 2.75) is 0 Å². The molecule has 0 saturated heterocycles. The van der Waals surface area contributed by atoms with Crippen molar-refractivity contribution in [3.63, 3.8) is 0 Å². The first-order valence-electron chi connectivity index (χ1n) is 6.41. The number of benzene rings is 2. The molecule has 2 rings (SSSR count). The van der Waals surface area contributed by atoms with E-state index in [-0.39, 0.29) is 0 Å². The van der Waals surface area contributed by atoms with Crippen LogP contribution in [0.15, 0.2) is 94.6 Å². The minimum Gasteiger partial charge on any atom is -0.310 e. The molecule has 2 aromatic rings. The SMILES string of the molecule is C=C/C(=C\C(=C)Br)N(c1ccccc1)c1cccc(Br)c1. The second-order valence-corrected chi connectivity index (χ2v) is 6.31. The predicted octanol–water partition coefficient (Wildman–Crippen LogP) is 6.57. The van der Waals surface area contributed by atoms with Crippen molar-refractivity contribution in [1.82, 2.24) is 0 Å². The highest BCUT2D eigenvalue weighted by Crippen LogP contribution is 2.32. The molecule has 21 heavy (non-hydrogen) atoms. The molecule has 0 saturated carbocycles. The van der Waals surface area contributed by atoms with E-state index < -0.39 is 0 Å². The van der Waals surface area contributed by atoms with E-state index in [1.165, 1.54) is 0 Å². The maximum Gasteiger partial charge on any atom is 0.0472 e.